The second-order valence-corrected chi connectivity index (χ2v) is 6.09. The van der Waals surface area contributed by atoms with Crippen molar-refractivity contribution in [2.24, 2.45) is 0 Å². The summed E-state index contributed by atoms with van der Waals surface area (Å²) in [4.78, 5) is 16.5. The SMILES string of the molecule is CC1(C(=O)N2CCN(c3ccccc3F)CC2)CCCN1. The summed E-state index contributed by atoms with van der Waals surface area (Å²) in [7, 11) is 0. The molecule has 2 fully saturated rings. The first-order valence-corrected chi connectivity index (χ1v) is 7.64. The van der Waals surface area contributed by atoms with Gasteiger partial charge in [0.2, 0.25) is 5.91 Å². The van der Waals surface area contributed by atoms with E-state index in [4.69, 9.17) is 0 Å². The van der Waals surface area contributed by atoms with Crippen LogP contribution in [0, 0.1) is 5.82 Å². The Morgan fingerprint density at radius 1 is 1.24 bits per heavy atom. The Balaban J connectivity index is 1.63. The van der Waals surface area contributed by atoms with Gasteiger partial charge in [0.1, 0.15) is 5.82 Å². The number of para-hydroxylation sites is 1. The highest BCUT2D eigenvalue weighted by molar-refractivity contribution is 5.86. The van der Waals surface area contributed by atoms with Crippen LogP contribution < -0.4 is 10.2 Å². The van der Waals surface area contributed by atoms with Gasteiger partial charge in [-0.1, -0.05) is 12.1 Å². The summed E-state index contributed by atoms with van der Waals surface area (Å²) in [6.07, 6.45) is 1.96. The van der Waals surface area contributed by atoms with E-state index in [1.807, 2.05) is 22.8 Å². The Kier molecular flexibility index (Phi) is 3.85. The van der Waals surface area contributed by atoms with Crippen molar-refractivity contribution in [1.29, 1.82) is 0 Å². The number of hydrogen-bond acceptors (Lipinski definition) is 3. The van der Waals surface area contributed by atoms with Gasteiger partial charge in [-0.3, -0.25) is 4.79 Å². The maximum atomic E-state index is 13.8. The fourth-order valence-electron chi connectivity index (χ4n) is 3.28. The Morgan fingerprint density at radius 3 is 2.57 bits per heavy atom. The lowest BCUT2D eigenvalue weighted by Crippen LogP contribution is -2.58. The van der Waals surface area contributed by atoms with Crippen LogP contribution in [0.5, 0.6) is 0 Å². The molecule has 1 unspecified atom stereocenters. The number of piperazine rings is 1. The predicted molar refractivity (Wildman–Crippen MR) is 80.8 cm³/mol. The monoisotopic (exact) mass is 291 g/mol. The van der Waals surface area contributed by atoms with Gasteiger partial charge in [0.05, 0.1) is 11.2 Å². The van der Waals surface area contributed by atoms with Gasteiger partial charge >= 0.3 is 0 Å². The van der Waals surface area contributed by atoms with Crippen molar-refractivity contribution in [3.8, 4) is 0 Å². The third kappa shape index (κ3) is 2.75. The predicted octanol–water partition coefficient (Wildman–Crippen LogP) is 1.62. The molecule has 5 heteroatoms. The molecular weight excluding hydrogens is 269 g/mol. The van der Waals surface area contributed by atoms with Crippen molar-refractivity contribution < 1.29 is 9.18 Å². The molecular formula is C16H22FN3O. The van der Waals surface area contributed by atoms with Crippen molar-refractivity contribution in [3.05, 3.63) is 30.1 Å². The van der Waals surface area contributed by atoms with Gasteiger partial charge in [-0.05, 0) is 38.4 Å². The maximum Gasteiger partial charge on any atom is 0.242 e. The third-order valence-corrected chi connectivity index (χ3v) is 4.60. The highest BCUT2D eigenvalue weighted by Crippen LogP contribution is 2.24. The van der Waals surface area contributed by atoms with Crippen molar-refractivity contribution in [1.82, 2.24) is 10.2 Å². The number of nitrogens with zero attached hydrogens (tertiary/aromatic N) is 2. The fraction of sp³-hybridized carbons (Fsp3) is 0.562. The number of benzene rings is 1. The lowest BCUT2D eigenvalue weighted by atomic mass is 9.98. The number of halogens is 1. The molecule has 1 aromatic rings. The standard InChI is InChI=1S/C16H22FN3O/c1-16(7-4-8-18-16)15(21)20-11-9-19(10-12-20)14-6-3-2-5-13(14)17/h2-3,5-6,18H,4,7-12H2,1H3. The summed E-state index contributed by atoms with van der Waals surface area (Å²) in [6, 6.07) is 6.83. The molecule has 1 amide bonds. The minimum absolute atomic E-state index is 0.188. The van der Waals surface area contributed by atoms with E-state index in [1.54, 1.807) is 12.1 Å². The van der Waals surface area contributed by atoms with Crippen LogP contribution in [0.4, 0.5) is 10.1 Å². The minimum Gasteiger partial charge on any atom is -0.366 e. The third-order valence-electron chi connectivity index (χ3n) is 4.60. The largest absolute Gasteiger partial charge is 0.366 e. The number of carbonyl (C=O) groups is 1. The number of hydrogen-bond donors (Lipinski definition) is 1. The molecule has 2 saturated heterocycles. The molecule has 4 nitrogen and oxygen atoms in total. The van der Waals surface area contributed by atoms with Crippen molar-refractivity contribution in [3.63, 3.8) is 0 Å². The quantitative estimate of drug-likeness (QED) is 0.899. The Hall–Kier alpha value is -1.62. The van der Waals surface area contributed by atoms with Gasteiger partial charge in [0, 0.05) is 26.2 Å². The topological polar surface area (TPSA) is 35.6 Å². The lowest BCUT2D eigenvalue weighted by molar-refractivity contribution is -0.137. The second-order valence-electron chi connectivity index (χ2n) is 6.09. The van der Waals surface area contributed by atoms with E-state index in [0.717, 1.165) is 19.4 Å². The summed E-state index contributed by atoms with van der Waals surface area (Å²) in [5.41, 5.74) is 0.231. The van der Waals surface area contributed by atoms with Crippen molar-refractivity contribution in [2.45, 2.75) is 25.3 Å². The van der Waals surface area contributed by atoms with E-state index in [0.29, 0.717) is 31.9 Å². The van der Waals surface area contributed by atoms with Crippen LogP contribution in [0.1, 0.15) is 19.8 Å². The summed E-state index contributed by atoms with van der Waals surface area (Å²) < 4.78 is 13.8. The number of carbonyl (C=O) groups excluding carboxylic acids is 1. The molecule has 0 aromatic heterocycles. The highest BCUT2D eigenvalue weighted by atomic mass is 19.1. The normalized spacial score (nSPS) is 26.2. The fourth-order valence-corrected chi connectivity index (χ4v) is 3.28. The molecule has 1 atom stereocenters. The number of anilines is 1. The van der Waals surface area contributed by atoms with E-state index in [9.17, 15) is 9.18 Å². The average Bonchev–Trinajstić information content (AvgIpc) is 2.95. The maximum absolute atomic E-state index is 13.8. The second kappa shape index (κ2) is 5.64. The molecule has 3 rings (SSSR count). The minimum atomic E-state index is -0.403. The first-order valence-electron chi connectivity index (χ1n) is 7.64. The number of nitrogens with one attached hydrogen (secondary N) is 1. The summed E-state index contributed by atoms with van der Waals surface area (Å²) >= 11 is 0. The van der Waals surface area contributed by atoms with E-state index in [-0.39, 0.29) is 11.7 Å². The van der Waals surface area contributed by atoms with E-state index >= 15 is 0 Å². The molecule has 0 spiro atoms. The molecule has 0 saturated carbocycles. The summed E-state index contributed by atoms with van der Waals surface area (Å²) in [6.45, 7) is 5.59. The van der Waals surface area contributed by atoms with E-state index < -0.39 is 5.54 Å². The van der Waals surface area contributed by atoms with Gasteiger partial charge in [-0.2, -0.15) is 0 Å². The highest BCUT2D eigenvalue weighted by Gasteiger charge is 2.39. The zero-order valence-electron chi connectivity index (χ0n) is 12.4. The van der Waals surface area contributed by atoms with E-state index in [2.05, 4.69) is 5.32 Å². The Labute approximate surface area is 124 Å². The molecule has 21 heavy (non-hydrogen) atoms. The van der Waals surface area contributed by atoms with Crippen LogP contribution in [-0.2, 0) is 4.79 Å². The molecule has 2 heterocycles. The van der Waals surface area contributed by atoms with Gasteiger partial charge < -0.3 is 15.1 Å². The average molecular weight is 291 g/mol. The Bertz CT molecular complexity index is 520. The Morgan fingerprint density at radius 2 is 1.95 bits per heavy atom. The van der Waals surface area contributed by atoms with Crippen LogP contribution in [0.15, 0.2) is 24.3 Å². The number of amides is 1. The zero-order chi connectivity index (χ0) is 14.9. The van der Waals surface area contributed by atoms with Crippen LogP contribution >= 0.6 is 0 Å². The van der Waals surface area contributed by atoms with Crippen molar-refractivity contribution >= 4 is 11.6 Å². The van der Waals surface area contributed by atoms with Gasteiger partial charge in [-0.15, -0.1) is 0 Å². The lowest BCUT2D eigenvalue weighted by Gasteiger charge is -2.39. The van der Waals surface area contributed by atoms with Crippen LogP contribution in [-0.4, -0.2) is 49.1 Å². The first-order chi connectivity index (χ1) is 10.1. The molecule has 1 N–H and O–H groups in total. The van der Waals surface area contributed by atoms with Crippen molar-refractivity contribution in [2.75, 3.05) is 37.6 Å². The molecule has 2 aliphatic heterocycles. The molecule has 114 valence electrons. The van der Waals surface area contributed by atoms with Crippen LogP contribution in [0.3, 0.4) is 0 Å². The van der Waals surface area contributed by atoms with Crippen LogP contribution in [0.25, 0.3) is 0 Å². The smallest absolute Gasteiger partial charge is 0.242 e. The first kappa shape index (κ1) is 14.3. The van der Waals surface area contributed by atoms with Gasteiger partial charge in [-0.25, -0.2) is 4.39 Å². The van der Waals surface area contributed by atoms with E-state index in [1.165, 1.54) is 6.07 Å². The molecule has 0 bridgehead atoms. The molecule has 0 radical (unpaired) electrons. The zero-order valence-corrected chi connectivity index (χ0v) is 12.4. The summed E-state index contributed by atoms with van der Waals surface area (Å²) in [5, 5.41) is 3.32. The molecule has 1 aromatic carbocycles. The van der Waals surface area contributed by atoms with Gasteiger partial charge in [0.15, 0.2) is 0 Å². The summed E-state index contributed by atoms with van der Waals surface area (Å²) in [5.74, 6) is -0.00474. The van der Waals surface area contributed by atoms with Crippen LogP contribution in [0.2, 0.25) is 0 Å². The molecule has 2 aliphatic rings. The molecule has 0 aliphatic carbocycles. The number of rotatable bonds is 2. The van der Waals surface area contributed by atoms with Gasteiger partial charge in [0.25, 0.3) is 0 Å².